The van der Waals surface area contributed by atoms with E-state index in [0.29, 0.717) is 24.1 Å². The van der Waals surface area contributed by atoms with Crippen LogP contribution in [-0.2, 0) is 6.42 Å². The summed E-state index contributed by atoms with van der Waals surface area (Å²) in [7, 11) is 0. The summed E-state index contributed by atoms with van der Waals surface area (Å²) in [5.74, 6) is -2.52. The van der Waals surface area contributed by atoms with E-state index in [1.165, 1.54) is 6.07 Å². The normalized spacial score (nSPS) is 21.7. The second-order valence-electron chi connectivity index (χ2n) is 7.53. The van der Waals surface area contributed by atoms with Crippen molar-refractivity contribution in [2.45, 2.75) is 52.4 Å². The maximum atomic E-state index is 14.9. The Kier molecular flexibility index (Phi) is 6.41. The van der Waals surface area contributed by atoms with Crippen LogP contribution in [0.4, 0.5) is 13.2 Å². The van der Waals surface area contributed by atoms with E-state index >= 15 is 0 Å². The van der Waals surface area contributed by atoms with E-state index in [9.17, 15) is 13.2 Å². The molecule has 0 saturated heterocycles. The van der Waals surface area contributed by atoms with E-state index in [1.807, 2.05) is 25.1 Å². The molecule has 1 aliphatic carbocycles. The second-order valence-corrected chi connectivity index (χ2v) is 7.53. The second kappa shape index (κ2) is 8.77. The first-order chi connectivity index (χ1) is 13.0. The molecule has 2 aromatic carbocycles. The van der Waals surface area contributed by atoms with E-state index in [4.69, 9.17) is 0 Å². The molecule has 0 amide bonds. The first-order valence-corrected chi connectivity index (χ1v) is 9.94. The molecule has 2 aromatic rings. The minimum absolute atomic E-state index is 0.265. The number of fused-ring (bicyclic) bond motifs is 1. The molecule has 3 heteroatoms. The van der Waals surface area contributed by atoms with Crippen LogP contribution in [0.25, 0.3) is 16.6 Å². The van der Waals surface area contributed by atoms with E-state index in [1.54, 1.807) is 12.1 Å². The van der Waals surface area contributed by atoms with Crippen LogP contribution in [0.1, 0.15) is 57.1 Å². The van der Waals surface area contributed by atoms with Crippen LogP contribution in [0.2, 0.25) is 0 Å². The molecule has 1 saturated carbocycles. The van der Waals surface area contributed by atoms with Gasteiger partial charge in [0.1, 0.15) is 11.6 Å². The number of allylic oxidation sites excluding steroid dienone is 3. The fraction of sp³-hybridized carbons (Fsp3) is 0.417. The number of hydrogen-bond donors (Lipinski definition) is 0. The lowest BCUT2D eigenvalue weighted by molar-refractivity contribution is 0.304. The van der Waals surface area contributed by atoms with Gasteiger partial charge in [0.25, 0.3) is 0 Å². The number of halogens is 3. The molecule has 27 heavy (non-hydrogen) atoms. The zero-order valence-electron chi connectivity index (χ0n) is 16.1. The van der Waals surface area contributed by atoms with Crippen LogP contribution < -0.4 is 0 Å². The van der Waals surface area contributed by atoms with Crippen molar-refractivity contribution < 1.29 is 13.2 Å². The molecule has 0 aromatic heterocycles. The predicted molar refractivity (Wildman–Crippen MR) is 107 cm³/mol. The Labute approximate surface area is 159 Å². The number of rotatable bonds is 5. The molecule has 1 aliphatic rings. The molecule has 1 fully saturated rings. The van der Waals surface area contributed by atoms with Crippen molar-refractivity contribution in [2.24, 2.45) is 11.8 Å². The highest BCUT2D eigenvalue weighted by Gasteiger charge is 2.27. The zero-order chi connectivity index (χ0) is 19.4. The van der Waals surface area contributed by atoms with E-state index < -0.39 is 23.4 Å². The lowest BCUT2D eigenvalue weighted by Crippen LogP contribution is -2.14. The summed E-state index contributed by atoms with van der Waals surface area (Å²) < 4.78 is 44.4. The van der Waals surface area contributed by atoms with Crippen molar-refractivity contribution in [3.8, 4) is 0 Å². The molecular weight excluding hydrogens is 345 g/mol. The first kappa shape index (κ1) is 19.7. The SMILES string of the molecule is C/C=C/C1CCC(C(F)=C(F)c2ccc3cc(CCC)ccc3c2F)CC1. The summed E-state index contributed by atoms with van der Waals surface area (Å²) in [5, 5.41) is 1.06. The molecule has 0 bridgehead atoms. The van der Waals surface area contributed by atoms with Gasteiger partial charge in [-0.05, 0) is 62.0 Å². The van der Waals surface area contributed by atoms with Crippen molar-refractivity contribution >= 4 is 16.6 Å². The largest absolute Gasteiger partial charge is 0.208 e. The molecule has 0 unspecified atom stereocenters. The fourth-order valence-corrected chi connectivity index (χ4v) is 4.10. The molecule has 0 N–H and O–H groups in total. The maximum absolute atomic E-state index is 14.9. The molecule has 3 rings (SSSR count). The van der Waals surface area contributed by atoms with Crippen LogP contribution >= 0.6 is 0 Å². The van der Waals surface area contributed by atoms with Gasteiger partial charge >= 0.3 is 0 Å². The quantitative estimate of drug-likeness (QED) is 0.468. The molecule has 0 spiro atoms. The molecular formula is C24H27F3. The third-order valence-electron chi connectivity index (χ3n) is 5.60. The molecule has 144 valence electrons. The average molecular weight is 372 g/mol. The smallest absolute Gasteiger partial charge is 0.165 e. The Morgan fingerprint density at radius 3 is 2.48 bits per heavy atom. The van der Waals surface area contributed by atoms with Crippen LogP contribution in [0.15, 0.2) is 48.3 Å². The van der Waals surface area contributed by atoms with Crippen LogP contribution in [0, 0.1) is 17.7 Å². The van der Waals surface area contributed by atoms with Gasteiger partial charge in [-0.15, -0.1) is 0 Å². The van der Waals surface area contributed by atoms with E-state index in [0.717, 1.165) is 36.6 Å². The number of benzene rings is 2. The van der Waals surface area contributed by atoms with Gasteiger partial charge in [0.15, 0.2) is 5.83 Å². The van der Waals surface area contributed by atoms with Crippen LogP contribution in [0.3, 0.4) is 0 Å². The van der Waals surface area contributed by atoms with Gasteiger partial charge in [-0.2, -0.15) is 0 Å². The molecule has 0 nitrogen and oxygen atoms in total. The Bertz CT molecular complexity index is 855. The van der Waals surface area contributed by atoms with Gasteiger partial charge in [0.2, 0.25) is 0 Å². The summed E-state index contributed by atoms with van der Waals surface area (Å²) in [6, 6.07) is 8.51. The van der Waals surface area contributed by atoms with E-state index in [2.05, 4.69) is 13.0 Å². The molecule has 0 aliphatic heterocycles. The number of hydrogen-bond acceptors (Lipinski definition) is 0. The highest BCUT2D eigenvalue weighted by atomic mass is 19.2. The molecule has 0 atom stereocenters. The first-order valence-electron chi connectivity index (χ1n) is 9.94. The van der Waals surface area contributed by atoms with Gasteiger partial charge < -0.3 is 0 Å². The zero-order valence-corrected chi connectivity index (χ0v) is 16.1. The van der Waals surface area contributed by atoms with Crippen LogP contribution in [-0.4, -0.2) is 0 Å². The molecule has 0 radical (unpaired) electrons. The highest BCUT2D eigenvalue weighted by Crippen LogP contribution is 2.39. The summed E-state index contributed by atoms with van der Waals surface area (Å²) in [6.45, 7) is 4.06. The van der Waals surface area contributed by atoms with Crippen molar-refractivity contribution in [3.05, 3.63) is 65.3 Å². The summed E-state index contributed by atoms with van der Waals surface area (Å²) >= 11 is 0. The third-order valence-corrected chi connectivity index (χ3v) is 5.60. The minimum Gasteiger partial charge on any atom is -0.208 e. The fourth-order valence-electron chi connectivity index (χ4n) is 4.10. The number of aryl methyl sites for hydroxylation is 1. The van der Waals surface area contributed by atoms with Gasteiger partial charge in [-0.3, -0.25) is 0 Å². The van der Waals surface area contributed by atoms with E-state index in [-0.39, 0.29) is 5.56 Å². The third kappa shape index (κ3) is 4.28. The Morgan fingerprint density at radius 1 is 1.07 bits per heavy atom. The van der Waals surface area contributed by atoms with Crippen molar-refractivity contribution in [3.63, 3.8) is 0 Å². The van der Waals surface area contributed by atoms with Gasteiger partial charge in [0.05, 0.1) is 0 Å². The average Bonchev–Trinajstić information content (AvgIpc) is 2.68. The van der Waals surface area contributed by atoms with Crippen LogP contribution in [0.5, 0.6) is 0 Å². The summed E-state index contributed by atoms with van der Waals surface area (Å²) in [6.07, 6.45) is 8.95. The van der Waals surface area contributed by atoms with Gasteiger partial charge in [0, 0.05) is 16.9 Å². The standard InChI is InChI=1S/C24H27F3/c1-3-5-16-7-10-18(11-8-16)22(25)24(27)21-14-12-19-15-17(6-4-2)9-13-20(19)23(21)26/h3,5,9,12-16,18H,4,6-8,10-11H2,1-2H3/b5-3+,24-22?. The Balaban J connectivity index is 1.88. The van der Waals surface area contributed by atoms with Crippen molar-refractivity contribution in [2.75, 3.05) is 0 Å². The molecule has 0 heterocycles. The van der Waals surface area contributed by atoms with Crippen molar-refractivity contribution in [1.82, 2.24) is 0 Å². The Morgan fingerprint density at radius 2 is 1.81 bits per heavy atom. The Hall–Kier alpha value is -2.03. The maximum Gasteiger partial charge on any atom is 0.165 e. The highest BCUT2D eigenvalue weighted by molar-refractivity contribution is 5.87. The van der Waals surface area contributed by atoms with Gasteiger partial charge in [-0.1, -0.05) is 49.8 Å². The topological polar surface area (TPSA) is 0 Å². The summed E-state index contributed by atoms with van der Waals surface area (Å²) in [5.41, 5.74) is 0.857. The van der Waals surface area contributed by atoms with Crippen molar-refractivity contribution in [1.29, 1.82) is 0 Å². The lowest BCUT2D eigenvalue weighted by atomic mass is 9.81. The lowest BCUT2D eigenvalue weighted by Gasteiger charge is -2.26. The minimum atomic E-state index is -1.04. The predicted octanol–water partition coefficient (Wildman–Crippen LogP) is 7.92. The monoisotopic (exact) mass is 372 g/mol. The summed E-state index contributed by atoms with van der Waals surface area (Å²) in [4.78, 5) is 0. The van der Waals surface area contributed by atoms with Gasteiger partial charge in [-0.25, -0.2) is 13.2 Å².